The molecule has 0 spiro atoms. The van der Waals surface area contributed by atoms with E-state index >= 15 is 0 Å². The number of rotatable bonds is 1. The molecule has 18 heavy (non-hydrogen) atoms. The Morgan fingerprint density at radius 3 is 1.67 bits per heavy atom. The van der Waals surface area contributed by atoms with Crippen LogP contribution in [0.1, 0.15) is 20.8 Å². The van der Waals surface area contributed by atoms with Crippen LogP contribution in [0.15, 0.2) is 48.5 Å². The first-order valence-corrected chi connectivity index (χ1v) is 6.24. The monoisotopic (exact) mass is 239 g/mol. The van der Waals surface area contributed by atoms with Crippen molar-refractivity contribution in [3.8, 4) is 0 Å². The van der Waals surface area contributed by atoms with Crippen LogP contribution in [-0.2, 0) is 0 Å². The molecule has 1 aromatic heterocycles. The maximum Gasteiger partial charge on any atom is 0.127 e. The number of benzene rings is 2. The first kappa shape index (κ1) is 11.1. The third-order valence-electron chi connectivity index (χ3n) is 2.90. The van der Waals surface area contributed by atoms with Gasteiger partial charge in [0.25, 0.3) is 0 Å². The van der Waals surface area contributed by atoms with Gasteiger partial charge in [0, 0.05) is 10.8 Å². The van der Waals surface area contributed by atoms with Crippen LogP contribution in [0.4, 0.5) is 0 Å². The van der Waals surface area contributed by atoms with Gasteiger partial charge in [-0.2, -0.15) is 4.73 Å². The largest absolute Gasteiger partial charge is 0.408 e. The van der Waals surface area contributed by atoms with Crippen LogP contribution in [-0.4, -0.2) is 10.3 Å². The van der Waals surface area contributed by atoms with Crippen molar-refractivity contribution < 1.29 is 4.84 Å². The summed E-state index contributed by atoms with van der Waals surface area (Å²) in [6, 6.07) is 16.7. The highest BCUT2D eigenvalue weighted by atomic mass is 16.7. The lowest BCUT2D eigenvalue weighted by Gasteiger charge is -2.22. The molecule has 2 heteroatoms. The molecule has 92 valence electrons. The molecule has 0 aliphatic carbocycles. The molecule has 0 aliphatic rings. The molecule has 3 rings (SSSR count). The molecule has 0 bridgehead atoms. The Bertz CT molecular complexity index is 651. The second-order valence-corrected chi connectivity index (χ2v) is 5.53. The lowest BCUT2D eigenvalue weighted by Crippen LogP contribution is -2.31. The molecule has 0 saturated carbocycles. The zero-order valence-corrected chi connectivity index (χ0v) is 11.0. The van der Waals surface area contributed by atoms with E-state index in [1.807, 2.05) is 16.9 Å². The van der Waals surface area contributed by atoms with Gasteiger partial charge in [0.2, 0.25) is 0 Å². The fourth-order valence-corrected chi connectivity index (χ4v) is 2.26. The lowest BCUT2D eigenvalue weighted by molar-refractivity contribution is -0.00181. The number of nitrogens with zero attached hydrogens (tertiary/aromatic N) is 1. The van der Waals surface area contributed by atoms with Crippen molar-refractivity contribution in [3.05, 3.63) is 48.5 Å². The Morgan fingerprint density at radius 1 is 0.778 bits per heavy atom. The Labute approximate surface area is 107 Å². The highest BCUT2D eigenvalue weighted by molar-refractivity contribution is 6.07. The molecular formula is C16H17NO. The predicted octanol–water partition coefficient (Wildman–Crippen LogP) is 4.02. The number of para-hydroxylation sites is 2. The van der Waals surface area contributed by atoms with Crippen LogP contribution >= 0.6 is 0 Å². The quantitative estimate of drug-likeness (QED) is 0.625. The third kappa shape index (κ3) is 1.74. The van der Waals surface area contributed by atoms with Gasteiger partial charge in [0.05, 0.1) is 11.0 Å². The smallest absolute Gasteiger partial charge is 0.127 e. The van der Waals surface area contributed by atoms with Gasteiger partial charge >= 0.3 is 0 Å². The maximum absolute atomic E-state index is 6.08. The van der Waals surface area contributed by atoms with Crippen LogP contribution in [0.2, 0.25) is 0 Å². The van der Waals surface area contributed by atoms with Crippen LogP contribution in [0.3, 0.4) is 0 Å². The summed E-state index contributed by atoms with van der Waals surface area (Å²) in [4.78, 5) is 6.08. The Morgan fingerprint density at radius 2 is 1.22 bits per heavy atom. The maximum atomic E-state index is 6.08. The fourth-order valence-electron chi connectivity index (χ4n) is 2.26. The van der Waals surface area contributed by atoms with Crippen molar-refractivity contribution in [2.24, 2.45) is 0 Å². The lowest BCUT2D eigenvalue weighted by atomic mass is 10.2. The average molecular weight is 239 g/mol. The van der Waals surface area contributed by atoms with Gasteiger partial charge in [-0.15, -0.1) is 0 Å². The standard InChI is InChI=1S/C16H17NO/c1-16(2,3)18-17-14-10-6-4-8-12(14)13-9-5-7-11-15(13)17/h4-11H,1-3H3. The second-order valence-electron chi connectivity index (χ2n) is 5.53. The van der Waals surface area contributed by atoms with Gasteiger partial charge in [-0.25, -0.2) is 0 Å². The average Bonchev–Trinajstić information content (AvgIpc) is 2.64. The molecule has 0 unspecified atom stereocenters. The first-order chi connectivity index (χ1) is 8.56. The zero-order chi connectivity index (χ0) is 12.8. The van der Waals surface area contributed by atoms with E-state index in [1.165, 1.54) is 10.8 Å². The summed E-state index contributed by atoms with van der Waals surface area (Å²) in [5, 5.41) is 2.47. The van der Waals surface area contributed by atoms with Gasteiger partial charge in [-0.05, 0) is 32.9 Å². The first-order valence-electron chi connectivity index (χ1n) is 6.24. The van der Waals surface area contributed by atoms with Crippen molar-refractivity contribution in [1.29, 1.82) is 0 Å². The van der Waals surface area contributed by atoms with Gasteiger partial charge < -0.3 is 4.84 Å². The summed E-state index contributed by atoms with van der Waals surface area (Å²) in [5.41, 5.74) is 2.02. The Balaban J connectivity index is 2.38. The van der Waals surface area contributed by atoms with Crippen molar-refractivity contribution in [2.45, 2.75) is 26.4 Å². The van der Waals surface area contributed by atoms with Crippen LogP contribution in [0.25, 0.3) is 21.8 Å². The molecule has 0 radical (unpaired) electrons. The summed E-state index contributed by atoms with van der Waals surface area (Å²) >= 11 is 0. The molecular weight excluding hydrogens is 222 g/mol. The SMILES string of the molecule is CC(C)(C)On1c2ccccc2c2ccccc21. The molecule has 3 aromatic rings. The van der Waals surface area contributed by atoms with E-state index in [0.717, 1.165) is 11.0 Å². The molecule has 0 N–H and O–H groups in total. The molecule has 2 nitrogen and oxygen atoms in total. The highest BCUT2D eigenvalue weighted by Crippen LogP contribution is 2.28. The van der Waals surface area contributed by atoms with Crippen molar-refractivity contribution in [1.82, 2.24) is 4.73 Å². The van der Waals surface area contributed by atoms with E-state index in [-0.39, 0.29) is 5.60 Å². The zero-order valence-electron chi connectivity index (χ0n) is 11.0. The van der Waals surface area contributed by atoms with Crippen LogP contribution in [0, 0.1) is 0 Å². The fraction of sp³-hybridized carbons (Fsp3) is 0.250. The van der Waals surface area contributed by atoms with E-state index < -0.39 is 0 Å². The second kappa shape index (κ2) is 3.77. The van der Waals surface area contributed by atoms with Crippen LogP contribution in [0.5, 0.6) is 0 Å². The summed E-state index contributed by atoms with van der Waals surface area (Å²) in [7, 11) is 0. The number of fused-ring (bicyclic) bond motifs is 3. The summed E-state index contributed by atoms with van der Waals surface area (Å²) < 4.78 is 1.95. The van der Waals surface area contributed by atoms with Gasteiger partial charge in [0.15, 0.2) is 0 Å². The van der Waals surface area contributed by atoms with Crippen molar-refractivity contribution in [3.63, 3.8) is 0 Å². The predicted molar refractivity (Wildman–Crippen MR) is 75.8 cm³/mol. The topological polar surface area (TPSA) is 14.2 Å². The molecule has 1 heterocycles. The van der Waals surface area contributed by atoms with E-state index in [1.54, 1.807) is 0 Å². The normalized spacial score (nSPS) is 12.2. The molecule has 0 atom stereocenters. The third-order valence-corrected chi connectivity index (χ3v) is 2.90. The number of hydrogen-bond donors (Lipinski definition) is 0. The molecule has 0 amide bonds. The van der Waals surface area contributed by atoms with Crippen molar-refractivity contribution in [2.75, 3.05) is 0 Å². The highest BCUT2D eigenvalue weighted by Gasteiger charge is 2.17. The molecule has 0 aliphatic heterocycles. The minimum Gasteiger partial charge on any atom is -0.408 e. The Hall–Kier alpha value is -1.96. The van der Waals surface area contributed by atoms with E-state index in [4.69, 9.17) is 4.84 Å². The van der Waals surface area contributed by atoms with Gasteiger partial charge in [-0.3, -0.25) is 0 Å². The number of hydrogen-bond acceptors (Lipinski definition) is 1. The van der Waals surface area contributed by atoms with Crippen LogP contribution < -0.4 is 4.84 Å². The summed E-state index contributed by atoms with van der Waals surface area (Å²) in [5.74, 6) is 0. The van der Waals surface area contributed by atoms with E-state index in [2.05, 4.69) is 57.2 Å². The van der Waals surface area contributed by atoms with Crippen molar-refractivity contribution >= 4 is 21.8 Å². The summed E-state index contributed by atoms with van der Waals surface area (Å²) in [6.45, 7) is 6.20. The molecule has 0 fully saturated rings. The molecule has 2 aromatic carbocycles. The minimum absolute atomic E-state index is 0.218. The molecule has 0 saturated heterocycles. The van der Waals surface area contributed by atoms with E-state index in [9.17, 15) is 0 Å². The van der Waals surface area contributed by atoms with E-state index in [0.29, 0.717) is 0 Å². The number of aromatic nitrogens is 1. The Kier molecular flexibility index (Phi) is 2.34. The minimum atomic E-state index is -0.218. The summed E-state index contributed by atoms with van der Waals surface area (Å²) in [6.07, 6.45) is 0. The van der Waals surface area contributed by atoms with Gasteiger partial charge in [-0.1, -0.05) is 36.4 Å². The van der Waals surface area contributed by atoms with Gasteiger partial charge in [0.1, 0.15) is 5.60 Å².